The average Bonchev–Trinajstić information content (AvgIpc) is 3.05. The number of aliphatic hydroxyl groups excluding tert-OH is 1. The molecule has 1 aliphatic rings. The third-order valence-corrected chi connectivity index (χ3v) is 7.49. The summed E-state index contributed by atoms with van der Waals surface area (Å²) >= 11 is 0. The monoisotopic (exact) mass is 622 g/mol. The molecule has 1 unspecified atom stereocenters. The van der Waals surface area contributed by atoms with Crippen LogP contribution in [0.4, 0.5) is 0 Å². The Morgan fingerprint density at radius 2 is 1.49 bits per heavy atom. The number of aliphatic hydroxyl groups is 1. The largest absolute Gasteiger partial charge is 0.467 e. The average molecular weight is 623 g/mol. The smallest absolute Gasteiger partial charge is 0.338 e. The summed E-state index contributed by atoms with van der Waals surface area (Å²) in [5, 5.41) is 8.04. The highest BCUT2D eigenvalue weighted by Crippen LogP contribution is 2.30. The van der Waals surface area contributed by atoms with Crippen LogP contribution in [0.1, 0.15) is 88.1 Å². The molecule has 0 heterocycles. The van der Waals surface area contributed by atoms with E-state index in [0.29, 0.717) is 30.8 Å². The first kappa shape index (κ1) is 39.5. The van der Waals surface area contributed by atoms with Gasteiger partial charge in [0.15, 0.2) is 0 Å². The Morgan fingerprint density at radius 1 is 0.933 bits per heavy atom. The molecule has 45 heavy (non-hydrogen) atoms. The van der Waals surface area contributed by atoms with Gasteiger partial charge < -0.3 is 19.3 Å². The summed E-state index contributed by atoms with van der Waals surface area (Å²) in [5.74, 6) is 0.707. The number of benzene rings is 2. The van der Waals surface area contributed by atoms with Crippen molar-refractivity contribution in [1.29, 1.82) is 0 Å². The first-order chi connectivity index (χ1) is 21.7. The Hall–Kier alpha value is -3.55. The van der Waals surface area contributed by atoms with E-state index in [0.717, 1.165) is 53.7 Å². The van der Waals surface area contributed by atoms with Gasteiger partial charge in [0.1, 0.15) is 12.4 Å². The molecule has 1 saturated carbocycles. The zero-order valence-electron chi connectivity index (χ0n) is 27.8. The Morgan fingerprint density at radius 3 is 1.96 bits per heavy atom. The van der Waals surface area contributed by atoms with Gasteiger partial charge >= 0.3 is 5.97 Å². The zero-order chi connectivity index (χ0) is 33.5. The Labute approximate surface area is 270 Å². The van der Waals surface area contributed by atoms with E-state index in [-0.39, 0.29) is 24.6 Å². The fraction of sp³-hybridized carbons (Fsp3) is 0.500. The molecule has 1 atom stereocenters. The highest BCUT2D eigenvalue weighted by Gasteiger charge is 2.24. The predicted octanol–water partition coefficient (Wildman–Crippen LogP) is 7.94. The topological polar surface area (TPSA) is 99.1 Å². The summed E-state index contributed by atoms with van der Waals surface area (Å²) in [6.07, 6.45) is 11.1. The number of hydrogen-bond donors (Lipinski definition) is 1. The number of allylic oxidation sites excluding steroid dienone is 1. The summed E-state index contributed by atoms with van der Waals surface area (Å²) in [7, 11) is 1.65. The summed E-state index contributed by atoms with van der Waals surface area (Å²) in [5.41, 5.74) is 5.29. The Kier molecular flexibility index (Phi) is 20.9. The lowest BCUT2D eigenvalue weighted by Crippen LogP contribution is -2.24. The van der Waals surface area contributed by atoms with Gasteiger partial charge in [-0.3, -0.25) is 9.59 Å². The molecule has 7 heteroatoms. The molecule has 0 radical (unpaired) electrons. The number of unbranched alkanes of at least 4 members (excludes halogenated alkanes) is 2. The molecule has 2 aromatic carbocycles. The first-order valence-electron chi connectivity index (χ1n) is 16.0. The van der Waals surface area contributed by atoms with Gasteiger partial charge in [-0.2, -0.15) is 0 Å². The van der Waals surface area contributed by atoms with Gasteiger partial charge in [-0.15, -0.1) is 0 Å². The van der Waals surface area contributed by atoms with Crippen molar-refractivity contribution in [2.75, 3.05) is 26.9 Å². The third kappa shape index (κ3) is 17.5. The lowest BCUT2D eigenvalue weighted by Gasteiger charge is -2.28. The van der Waals surface area contributed by atoms with E-state index in [4.69, 9.17) is 19.3 Å². The van der Waals surface area contributed by atoms with Crippen molar-refractivity contribution < 1.29 is 33.7 Å². The zero-order valence-corrected chi connectivity index (χ0v) is 27.8. The Bertz CT molecular complexity index is 1130. The lowest BCUT2D eigenvalue weighted by atomic mass is 9.84. The van der Waals surface area contributed by atoms with Crippen molar-refractivity contribution in [3.8, 4) is 11.1 Å². The van der Waals surface area contributed by atoms with Crippen molar-refractivity contribution in [3.63, 3.8) is 0 Å². The molecule has 1 aliphatic carbocycles. The van der Waals surface area contributed by atoms with Gasteiger partial charge in [-0.1, -0.05) is 87.7 Å². The number of aldehydes is 1. The van der Waals surface area contributed by atoms with Crippen LogP contribution in [-0.4, -0.2) is 56.9 Å². The molecule has 0 saturated heterocycles. The number of rotatable bonds is 16. The highest BCUT2D eigenvalue weighted by atomic mass is 16.5. The number of esters is 1. The minimum atomic E-state index is -0.219. The second kappa shape index (κ2) is 23.8. The van der Waals surface area contributed by atoms with Gasteiger partial charge in [0, 0.05) is 13.0 Å². The van der Waals surface area contributed by atoms with Crippen LogP contribution in [0.5, 0.6) is 0 Å². The van der Waals surface area contributed by atoms with E-state index < -0.39 is 0 Å². The second-order valence-electron chi connectivity index (χ2n) is 11.9. The number of hydrogen-bond acceptors (Lipinski definition) is 7. The van der Waals surface area contributed by atoms with Crippen LogP contribution in [0, 0.1) is 11.8 Å². The molecule has 1 N–H and O–H groups in total. The molecule has 1 fully saturated rings. The maximum Gasteiger partial charge on any atom is 0.338 e. The van der Waals surface area contributed by atoms with Crippen molar-refractivity contribution in [2.45, 2.75) is 84.7 Å². The van der Waals surface area contributed by atoms with Crippen LogP contribution in [-0.2, 0) is 30.2 Å². The van der Waals surface area contributed by atoms with Gasteiger partial charge in [-0.05, 0) is 86.3 Å². The van der Waals surface area contributed by atoms with Gasteiger partial charge in [0.05, 0.1) is 25.4 Å². The molecule has 0 amide bonds. The minimum Gasteiger partial charge on any atom is -0.467 e. The van der Waals surface area contributed by atoms with E-state index in [2.05, 4.69) is 44.3 Å². The summed E-state index contributed by atoms with van der Waals surface area (Å²) in [6.45, 7) is 13.9. The maximum absolute atomic E-state index is 12.7. The quantitative estimate of drug-likeness (QED) is 0.0667. The van der Waals surface area contributed by atoms with E-state index in [1.165, 1.54) is 38.5 Å². The number of ether oxygens (including phenoxy) is 3. The molecule has 3 rings (SSSR count). The molecule has 0 aromatic heterocycles. The van der Waals surface area contributed by atoms with Crippen molar-refractivity contribution in [3.05, 3.63) is 84.0 Å². The van der Waals surface area contributed by atoms with Crippen molar-refractivity contribution >= 4 is 18.7 Å². The van der Waals surface area contributed by atoms with Crippen LogP contribution in [0.3, 0.4) is 0 Å². The SMILES string of the molecule is C=C(C)C=O.C=C(C)CO.CCCCCC1CCC(OC(=O)c2ccc(-c3ccc(CC(COC)COC=O)cc3)cc2)CC1. The molecule has 0 aliphatic heterocycles. The van der Waals surface area contributed by atoms with Crippen molar-refractivity contribution in [2.24, 2.45) is 11.8 Å². The summed E-state index contributed by atoms with van der Waals surface area (Å²) < 4.78 is 16.0. The van der Waals surface area contributed by atoms with E-state index in [1.807, 2.05) is 24.3 Å². The second-order valence-corrected chi connectivity index (χ2v) is 11.9. The minimum absolute atomic E-state index is 0.0519. The number of methoxy groups -OCH3 is 1. The van der Waals surface area contributed by atoms with Crippen LogP contribution in [0.25, 0.3) is 11.1 Å². The van der Waals surface area contributed by atoms with E-state index in [9.17, 15) is 14.4 Å². The number of carbonyl (C=O) groups excluding carboxylic acids is 3. The molecular weight excluding hydrogens is 568 g/mol. The fourth-order valence-electron chi connectivity index (χ4n) is 4.98. The lowest BCUT2D eigenvalue weighted by molar-refractivity contribution is -0.130. The van der Waals surface area contributed by atoms with Gasteiger partial charge in [0.2, 0.25) is 0 Å². The molecule has 2 aromatic rings. The van der Waals surface area contributed by atoms with Gasteiger partial charge in [-0.25, -0.2) is 4.79 Å². The van der Waals surface area contributed by atoms with Crippen LogP contribution in [0.15, 0.2) is 72.8 Å². The Balaban J connectivity index is 0.000000877. The maximum atomic E-state index is 12.7. The van der Waals surface area contributed by atoms with Crippen LogP contribution < -0.4 is 0 Å². The summed E-state index contributed by atoms with van der Waals surface area (Å²) in [6, 6.07) is 16.0. The standard InChI is InChI=1S/C30H40O5.C4H8O.C4H6O/c1-3-4-5-6-23-9-17-29(18-10-23)35-30(32)28-15-13-27(14-16-28)26-11-7-24(8-12-26)19-25(20-33-2)21-34-22-31;2*1-4(2)3-5/h7-8,11-16,22-23,25,29H,3-6,9-10,17-21H2,1-2H3;5H,1,3H2,2H3;3H,1H2,2H3. The molecule has 0 spiro atoms. The van der Waals surface area contributed by atoms with Crippen molar-refractivity contribution in [1.82, 2.24) is 0 Å². The molecule has 0 bridgehead atoms. The third-order valence-electron chi connectivity index (χ3n) is 7.49. The normalized spacial score (nSPS) is 16.0. The molecular formula is C38H54O7. The predicted molar refractivity (Wildman–Crippen MR) is 181 cm³/mol. The molecule has 7 nitrogen and oxygen atoms in total. The van der Waals surface area contributed by atoms with E-state index in [1.54, 1.807) is 21.0 Å². The highest BCUT2D eigenvalue weighted by molar-refractivity contribution is 5.90. The van der Waals surface area contributed by atoms with Crippen LogP contribution in [0.2, 0.25) is 0 Å². The fourth-order valence-corrected chi connectivity index (χ4v) is 4.98. The number of carbonyl (C=O) groups is 3. The molecule has 248 valence electrons. The first-order valence-corrected chi connectivity index (χ1v) is 16.0. The van der Waals surface area contributed by atoms with E-state index >= 15 is 0 Å². The van der Waals surface area contributed by atoms with Gasteiger partial charge in [0.25, 0.3) is 6.47 Å². The van der Waals surface area contributed by atoms with Crippen LogP contribution >= 0.6 is 0 Å². The summed E-state index contributed by atoms with van der Waals surface area (Å²) in [4.78, 5) is 32.6.